The number of hydrogen-bond acceptors (Lipinski definition) is 1. The smallest absolute Gasteiger partial charge is 0.0871 e. The van der Waals surface area contributed by atoms with Crippen LogP contribution < -0.4 is 0 Å². The number of fused-ring (bicyclic) bond motifs is 1. The number of aliphatic hydroxyl groups is 1. The van der Waals surface area contributed by atoms with Crippen molar-refractivity contribution < 1.29 is 5.11 Å². The van der Waals surface area contributed by atoms with Gasteiger partial charge in [0.25, 0.3) is 0 Å². The molecule has 0 saturated heterocycles. The van der Waals surface area contributed by atoms with Gasteiger partial charge in [-0.05, 0) is 41.7 Å². The fourth-order valence-corrected chi connectivity index (χ4v) is 2.90. The van der Waals surface area contributed by atoms with E-state index in [-0.39, 0.29) is 0 Å². The quantitative estimate of drug-likeness (QED) is 0.851. The first-order valence-electron chi connectivity index (χ1n) is 6.87. The topological polar surface area (TPSA) is 20.2 Å². The highest BCUT2D eigenvalue weighted by Crippen LogP contribution is 2.38. The Hall–Kier alpha value is -1.34. The minimum absolute atomic E-state index is 0.685. The van der Waals surface area contributed by atoms with E-state index in [4.69, 9.17) is 0 Å². The molecule has 1 nitrogen and oxygen atoms in total. The maximum absolute atomic E-state index is 10.7. The average molecular weight is 240 g/mol. The van der Waals surface area contributed by atoms with Crippen LogP contribution in [0, 0.1) is 5.92 Å². The van der Waals surface area contributed by atoms with Crippen LogP contribution in [0.2, 0.25) is 0 Å². The van der Waals surface area contributed by atoms with Crippen molar-refractivity contribution in [3.05, 3.63) is 48.0 Å². The summed E-state index contributed by atoms with van der Waals surface area (Å²) in [5.41, 5.74) is 0.364. The summed E-state index contributed by atoms with van der Waals surface area (Å²) in [4.78, 5) is 0. The predicted octanol–water partition coefficient (Wildman–Crippen LogP) is 4.24. The van der Waals surface area contributed by atoms with Crippen molar-refractivity contribution in [2.45, 2.75) is 38.2 Å². The lowest BCUT2D eigenvalue weighted by Gasteiger charge is -2.33. The summed E-state index contributed by atoms with van der Waals surface area (Å²) < 4.78 is 0. The van der Waals surface area contributed by atoms with Crippen molar-refractivity contribution in [3.8, 4) is 0 Å². The van der Waals surface area contributed by atoms with Crippen molar-refractivity contribution in [3.63, 3.8) is 0 Å². The number of benzene rings is 2. The molecule has 1 atom stereocenters. The van der Waals surface area contributed by atoms with Gasteiger partial charge >= 0.3 is 0 Å². The third-order valence-corrected chi connectivity index (χ3v) is 4.28. The Labute approximate surface area is 108 Å². The summed E-state index contributed by atoms with van der Waals surface area (Å²) in [7, 11) is 0. The Morgan fingerprint density at radius 1 is 1.11 bits per heavy atom. The van der Waals surface area contributed by atoms with E-state index in [1.165, 1.54) is 30.0 Å². The second-order valence-electron chi connectivity index (χ2n) is 5.84. The maximum atomic E-state index is 10.7. The summed E-state index contributed by atoms with van der Waals surface area (Å²) in [5.74, 6) is 0.714. The minimum Gasteiger partial charge on any atom is -0.385 e. The van der Waals surface area contributed by atoms with Crippen LogP contribution >= 0.6 is 0 Å². The van der Waals surface area contributed by atoms with Crippen LogP contribution in [0.4, 0.5) is 0 Å². The molecule has 0 spiro atoms. The van der Waals surface area contributed by atoms with Gasteiger partial charge < -0.3 is 5.11 Å². The fourth-order valence-electron chi connectivity index (χ4n) is 2.90. The highest BCUT2D eigenvalue weighted by Gasteiger charge is 2.30. The molecule has 0 aromatic heterocycles. The Balaban J connectivity index is 1.92. The second kappa shape index (κ2) is 4.40. The largest absolute Gasteiger partial charge is 0.385 e. The van der Waals surface area contributed by atoms with Crippen LogP contribution in [0.5, 0.6) is 0 Å². The average Bonchev–Trinajstić information content (AvgIpc) is 2.33. The predicted molar refractivity (Wildman–Crippen MR) is 75.5 cm³/mol. The van der Waals surface area contributed by atoms with E-state index in [2.05, 4.69) is 36.4 Å². The summed E-state index contributed by atoms with van der Waals surface area (Å²) in [6.07, 6.45) is 4.79. The zero-order chi connectivity index (χ0) is 12.6. The van der Waals surface area contributed by atoms with Crippen LogP contribution in [0.15, 0.2) is 42.5 Å². The molecule has 1 saturated carbocycles. The third-order valence-electron chi connectivity index (χ3n) is 4.28. The first-order chi connectivity index (χ1) is 8.65. The standard InChI is InChI=1S/C17H20O/c1-17(18,12-13-5-4-6-13)16-10-9-14-7-2-3-8-15(14)11-16/h2-3,7-11,13,18H,4-6,12H2,1H3. The van der Waals surface area contributed by atoms with E-state index >= 15 is 0 Å². The Kier molecular flexibility index (Phi) is 2.87. The molecule has 1 N–H and O–H groups in total. The normalized spacial score (nSPS) is 19.4. The van der Waals surface area contributed by atoms with Crippen LogP contribution in [-0.2, 0) is 5.60 Å². The van der Waals surface area contributed by atoms with Crippen LogP contribution in [0.1, 0.15) is 38.2 Å². The number of rotatable bonds is 3. The zero-order valence-corrected chi connectivity index (χ0v) is 10.9. The van der Waals surface area contributed by atoms with Gasteiger partial charge in [0, 0.05) is 0 Å². The van der Waals surface area contributed by atoms with Gasteiger partial charge in [0.15, 0.2) is 0 Å². The lowest BCUT2D eigenvalue weighted by Crippen LogP contribution is -2.27. The molecule has 1 aliphatic carbocycles. The Bertz CT molecular complexity index is 552. The summed E-state index contributed by atoms with van der Waals surface area (Å²) >= 11 is 0. The van der Waals surface area contributed by atoms with Crippen LogP contribution in [0.25, 0.3) is 10.8 Å². The monoisotopic (exact) mass is 240 g/mol. The van der Waals surface area contributed by atoms with E-state index in [9.17, 15) is 5.11 Å². The van der Waals surface area contributed by atoms with Crippen molar-refractivity contribution >= 4 is 10.8 Å². The molecule has 0 aliphatic heterocycles. The molecule has 1 heteroatoms. The summed E-state index contributed by atoms with van der Waals surface area (Å²) in [5, 5.41) is 13.1. The molecular formula is C17H20O. The van der Waals surface area contributed by atoms with Crippen molar-refractivity contribution in [2.75, 3.05) is 0 Å². The van der Waals surface area contributed by atoms with Gasteiger partial charge in [-0.25, -0.2) is 0 Å². The van der Waals surface area contributed by atoms with Gasteiger partial charge in [0.1, 0.15) is 0 Å². The highest BCUT2D eigenvalue weighted by molar-refractivity contribution is 5.83. The van der Waals surface area contributed by atoms with Gasteiger partial charge in [-0.1, -0.05) is 55.7 Å². The molecule has 94 valence electrons. The first-order valence-corrected chi connectivity index (χ1v) is 6.87. The molecule has 0 heterocycles. The van der Waals surface area contributed by atoms with Crippen LogP contribution in [-0.4, -0.2) is 5.11 Å². The molecule has 2 aromatic rings. The van der Waals surface area contributed by atoms with E-state index in [0.29, 0.717) is 5.92 Å². The van der Waals surface area contributed by atoms with Crippen LogP contribution in [0.3, 0.4) is 0 Å². The molecule has 1 aliphatic rings. The molecule has 0 amide bonds. The van der Waals surface area contributed by atoms with E-state index in [0.717, 1.165) is 12.0 Å². The maximum Gasteiger partial charge on any atom is 0.0871 e. The van der Waals surface area contributed by atoms with Crippen molar-refractivity contribution in [2.24, 2.45) is 5.92 Å². The zero-order valence-electron chi connectivity index (χ0n) is 10.9. The molecule has 2 aromatic carbocycles. The van der Waals surface area contributed by atoms with Gasteiger partial charge in [0.2, 0.25) is 0 Å². The first kappa shape index (κ1) is 11.7. The number of hydrogen-bond donors (Lipinski definition) is 1. The highest BCUT2D eigenvalue weighted by atomic mass is 16.3. The minimum atomic E-state index is -0.685. The van der Waals surface area contributed by atoms with Gasteiger partial charge in [-0.2, -0.15) is 0 Å². The van der Waals surface area contributed by atoms with Gasteiger partial charge in [0.05, 0.1) is 5.60 Å². The Morgan fingerprint density at radius 2 is 1.83 bits per heavy atom. The summed E-state index contributed by atoms with van der Waals surface area (Å²) in [6.45, 7) is 1.95. The summed E-state index contributed by atoms with van der Waals surface area (Å²) in [6, 6.07) is 14.6. The van der Waals surface area contributed by atoms with Gasteiger partial charge in [-0.3, -0.25) is 0 Å². The van der Waals surface area contributed by atoms with Crippen molar-refractivity contribution in [1.29, 1.82) is 0 Å². The lowest BCUT2D eigenvalue weighted by molar-refractivity contribution is 0.0163. The molecule has 1 fully saturated rings. The molecule has 18 heavy (non-hydrogen) atoms. The molecule has 1 unspecified atom stereocenters. The Morgan fingerprint density at radius 3 is 2.50 bits per heavy atom. The molecule has 3 rings (SSSR count). The van der Waals surface area contributed by atoms with Crippen molar-refractivity contribution in [1.82, 2.24) is 0 Å². The molecule has 0 bridgehead atoms. The molecular weight excluding hydrogens is 220 g/mol. The fraction of sp³-hybridized carbons (Fsp3) is 0.412. The van der Waals surface area contributed by atoms with E-state index < -0.39 is 5.60 Å². The SMILES string of the molecule is CC(O)(CC1CCC1)c1ccc2ccccc2c1. The second-order valence-corrected chi connectivity index (χ2v) is 5.84. The lowest BCUT2D eigenvalue weighted by atomic mass is 9.75. The van der Waals surface area contributed by atoms with E-state index in [1.54, 1.807) is 0 Å². The third kappa shape index (κ3) is 2.15. The molecule has 0 radical (unpaired) electrons. The van der Waals surface area contributed by atoms with E-state index in [1.807, 2.05) is 13.0 Å². The van der Waals surface area contributed by atoms with Gasteiger partial charge in [-0.15, -0.1) is 0 Å².